The van der Waals surface area contributed by atoms with Crippen LogP contribution in [0.15, 0.2) is 15.7 Å². The fourth-order valence-electron chi connectivity index (χ4n) is 2.58. The summed E-state index contributed by atoms with van der Waals surface area (Å²) in [7, 11) is 0. The number of H-pyrrole nitrogens is 2. The van der Waals surface area contributed by atoms with Crippen molar-refractivity contribution in [3.05, 3.63) is 32.6 Å². The topological polar surface area (TPSA) is 101 Å². The largest absolute Gasteiger partial charge is 0.335 e. The molecule has 2 aliphatic heterocycles. The van der Waals surface area contributed by atoms with Crippen molar-refractivity contribution >= 4 is 5.91 Å². The molecule has 0 radical (unpaired) electrons. The number of aromatic nitrogens is 2. The van der Waals surface area contributed by atoms with Crippen LogP contribution in [-0.4, -0.2) is 71.0 Å². The van der Waals surface area contributed by atoms with Crippen LogP contribution >= 0.6 is 0 Å². The van der Waals surface area contributed by atoms with Gasteiger partial charge in [-0.3, -0.25) is 19.5 Å². The normalized spacial score (nSPS) is 20.7. The van der Waals surface area contributed by atoms with Crippen LogP contribution < -0.4 is 16.6 Å². The van der Waals surface area contributed by atoms with Crippen LogP contribution in [0.25, 0.3) is 0 Å². The van der Waals surface area contributed by atoms with E-state index in [0.717, 1.165) is 32.2 Å². The van der Waals surface area contributed by atoms with E-state index in [2.05, 4.69) is 20.2 Å². The molecule has 2 saturated heterocycles. The first-order valence-corrected chi connectivity index (χ1v) is 6.71. The minimum absolute atomic E-state index is 0.0533. The van der Waals surface area contributed by atoms with Gasteiger partial charge in [-0.25, -0.2) is 4.79 Å². The van der Waals surface area contributed by atoms with Gasteiger partial charge in [0, 0.05) is 51.4 Å². The van der Waals surface area contributed by atoms with Crippen molar-refractivity contribution in [1.82, 2.24) is 25.1 Å². The number of rotatable bonds is 2. The van der Waals surface area contributed by atoms with E-state index in [1.165, 1.54) is 0 Å². The van der Waals surface area contributed by atoms with E-state index in [4.69, 9.17) is 0 Å². The molecule has 0 saturated carbocycles. The Bertz CT molecular complexity index is 582. The summed E-state index contributed by atoms with van der Waals surface area (Å²) in [6.07, 6.45) is 0. The van der Waals surface area contributed by atoms with Crippen LogP contribution in [0.1, 0.15) is 10.5 Å². The lowest BCUT2D eigenvalue weighted by Gasteiger charge is -2.43. The Kier molecular flexibility index (Phi) is 3.41. The van der Waals surface area contributed by atoms with E-state index >= 15 is 0 Å². The Morgan fingerprint density at radius 2 is 1.80 bits per heavy atom. The summed E-state index contributed by atoms with van der Waals surface area (Å²) in [5, 5.41) is 3.23. The molecule has 0 unspecified atom stereocenters. The van der Waals surface area contributed by atoms with Crippen LogP contribution in [-0.2, 0) is 0 Å². The molecule has 0 bridgehead atoms. The monoisotopic (exact) mass is 279 g/mol. The molecule has 2 fully saturated rings. The van der Waals surface area contributed by atoms with Crippen molar-refractivity contribution in [1.29, 1.82) is 0 Å². The van der Waals surface area contributed by atoms with E-state index in [1.54, 1.807) is 4.90 Å². The number of nitrogens with zero attached hydrogens (tertiary/aromatic N) is 2. The Morgan fingerprint density at radius 1 is 1.10 bits per heavy atom. The molecule has 1 aromatic rings. The lowest BCUT2D eigenvalue weighted by Crippen LogP contribution is -2.62. The second-order valence-corrected chi connectivity index (χ2v) is 5.14. The van der Waals surface area contributed by atoms with Crippen LogP contribution in [0, 0.1) is 0 Å². The van der Waals surface area contributed by atoms with Gasteiger partial charge in [0.1, 0.15) is 5.69 Å². The third kappa shape index (κ3) is 2.52. The highest BCUT2D eigenvalue weighted by Gasteiger charge is 2.29. The molecule has 0 atom stereocenters. The smallest absolute Gasteiger partial charge is 0.326 e. The van der Waals surface area contributed by atoms with Gasteiger partial charge in [0.05, 0.1) is 0 Å². The van der Waals surface area contributed by atoms with E-state index in [0.29, 0.717) is 19.1 Å². The second-order valence-electron chi connectivity index (χ2n) is 5.14. The molecule has 20 heavy (non-hydrogen) atoms. The van der Waals surface area contributed by atoms with Crippen molar-refractivity contribution in [2.75, 3.05) is 39.3 Å². The number of carbonyl (C=O) groups is 1. The summed E-state index contributed by atoms with van der Waals surface area (Å²) in [5.41, 5.74) is -1.16. The molecule has 3 heterocycles. The van der Waals surface area contributed by atoms with Gasteiger partial charge < -0.3 is 15.2 Å². The molecule has 0 spiro atoms. The standard InChI is InChI=1S/C12H17N5O3/c18-10-5-9(14-12(20)15-10)11(19)17-3-1-16(2-4-17)8-6-13-7-8/h5,8,13H,1-4,6-7H2,(H2,14,15,18,20). The third-order valence-corrected chi connectivity index (χ3v) is 3.87. The first-order valence-electron chi connectivity index (χ1n) is 6.71. The van der Waals surface area contributed by atoms with Crippen molar-refractivity contribution in [3.63, 3.8) is 0 Å². The van der Waals surface area contributed by atoms with Crippen LogP contribution in [0.4, 0.5) is 0 Å². The van der Waals surface area contributed by atoms with E-state index in [-0.39, 0.29) is 11.6 Å². The predicted molar refractivity (Wildman–Crippen MR) is 71.8 cm³/mol. The SMILES string of the molecule is O=C(c1cc(=O)[nH]c(=O)[nH]1)N1CCN(C2CNC2)CC1. The molecule has 2 aliphatic rings. The second kappa shape index (κ2) is 5.22. The molecule has 3 N–H and O–H groups in total. The molecule has 0 aromatic carbocycles. The highest BCUT2D eigenvalue weighted by molar-refractivity contribution is 5.92. The maximum Gasteiger partial charge on any atom is 0.326 e. The molecule has 1 amide bonds. The van der Waals surface area contributed by atoms with Gasteiger partial charge in [-0.05, 0) is 0 Å². The van der Waals surface area contributed by atoms with Gasteiger partial charge in [0.2, 0.25) is 0 Å². The molecule has 8 nitrogen and oxygen atoms in total. The minimum Gasteiger partial charge on any atom is -0.335 e. The highest BCUT2D eigenvalue weighted by Crippen LogP contribution is 2.11. The lowest BCUT2D eigenvalue weighted by molar-refractivity contribution is 0.0497. The third-order valence-electron chi connectivity index (χ3n) is 3.87. The predicted octanol–water partition coefficient (Wildman–Crippen LogP) is -2.21. The zero-order chi connectivity index (χ0) is 14.1. The van der Waals surface area contributed by atoms with Crippen molar-refractivity contribution in [2.24, 2.45) is 0 Å². The summed E-state index contributed by atoms with van der Waals surface area (Å²) in [6.45, 7) is 4.90. The first-order chi connectivity index (χ1) is 9.63. The summed E-state index contributed by atoms with van der Waals surface area (Å²) in [5.74, 6) is -0.292. The average molecular weight is 279 g/mol. The van der Waals surface area contributed by atoms with Crippen LogP contribution in [0.3, 0.4) is 0 Å². The fourth-order valence-corrected chi connectivity index (χ4v) is 2.58. The fraction of sp³-hybridized carbons (Fsp3) is 0.583. The molecular formula is C12H17N5O3. The van der Waals surface area contributed by atoms with Gasteiger partial charge in [0.25, 0.3) is 11.5 Å². The average Bonchev–Trinajstić information content (AvgIpc) is 2.35. The lowest BCUT2D eigenvalue weighted by atomic mass is 10.1. The van der Waals surface area contributed by atoms with Crippen molar-refractivity contribution in [3.8, 4) is 0 Å². The number of hydrogen-bond donors (Lipinski definition) is 3. The zero-order valence-electron chi connectivity index (χ0n) is 11.0. The van der Waals surface area contributed by atoms with E-state index in [9.17, 15) is 14.4 Å². The van der Waals surface area contributed by atoms with Crippen LogP contribution in [0.2, 0.25) is 0 Å². The van der Waals surface area contributed by atoms with Gasteiger partial charge in [-0.1, -0.05) is 0 Å². The molecule has 1 aromatic heterocycles. The number of nitrogens with one attached hydrogen (secondary N) is 3. The zero-order valence-corrected chi connectivity index (χ0v) is 11.0. The summed E-state index contributed by atoms with van der Waals surface area (Å²) >= 11 is 0. The summed E-state index contributed by atoms with van der Waals surface area (Å²) < 4.78 is 0. The molecular weight excluding hydrogens is 262 g/mol. The Hall–Kier alpha value is -1.93. The van der Waals surface area contributed by atoms with E-state index < -0.39 is 11.2 Å². The van der Waals surface area contributed by atoms with E-state index in [1.807, 2.05) is 0 Å². The van der Waals surface area contributed by atoms with Gasteiger partial charge in [-0.2, -0.15) is 0 Å². The number of piperazine rings is 1. The Morgan fingerprint density at radius 3 is 2.35 bits per heavy atom. The van der Waals surface area contributed by atoms with Crippen molar-refractivity contribution < 1.29 is 4.79 Å². The first kappa shape index (κ1) is 13.1. The number of aromatic amines is 2. The quantitative estimate of drug-likeness (QED) is 0.570. The molecule has 0 aliphatic carbocycles. The van der Waals surface area contributed by atoms with Crippen molar-refractivity contribution in [2.45, 2.75) is 6.04 Å². The summed E-state index contributed by atoms with van der Waals surface area (Å²) in [6, 6.07) is 1.71. The Balaban J connectivity index is 1.66. The van der Waals surface area contributed by atoms with Gasteiger partial charge in [0.15, 0.2) is 0 Å². The maximum absolute atomic E-state index is 12.2. The van der Waals surface area contributed by atoms with Gasteiger partial charge in [-0.15, -0.1) is 0 Å². The summed E-state index contributed by atoms with van der Waals surface area (Å²) in [4.78, 5) is 43.1. The highest BCUT2D eigenvalue weighted by atomic mass is 16.2. The maximum atomic E-state index is 12.2. The van der Waals surface area contributed by atoms with Gasteiger partial charge >= 0.3 is 5.69 Å². The molecule has 108 valence electrons. The molecule has 8 heteroatoms. The number of hydrogen-bond acceptors (Lipinski definition) is 5. The Labute approximate surface area is 114 Å². The van der Waals surface area contributed by atoms with Crippen LogP contribution in [0.5, 0.6) is 0 Å². The minimum atomic E-state index is -0.653. The molecule has 3 rings (SSSR count). The number of carbonyl (C=O) groups excluding carboxylic acids is 1. The number of amides is 1.